The van der Waals surface area contributed by atoms with Gasteiger partial charge in [-0.15, -0.1) is 0 Å². The van der Waals surface area contributed by atoms with Gasteiger partial charge in [0.05, 0.1) is 0 Å². The first kappa shape index (κ1) is 13.0. The van der Waals surface area contributed by atoms with Crippen LogP contribution in [0.15, 0.2) is 12.2 Å². The van der Waals surface area contributed by atoms with Crippen molar-refractivity contribution in [1.29, 1.82) is 0 Å². The third-order valence-corrected chi connectivity index (χ3v) is 0.368. The maximum atomic E-state index is 9.55. The SMILES string of the molecule is O=C(O)C=CC(=O)O.O=C(O)[SiH3]. The standard InChI is InChI=1S/C4H4O4.CH4O2Si/c5-3(6)1-2-4(7)8;2-1(3)4/h1-2H,(H,5,6)(H,7,8);4H3,(H,2,3). The molecule has 0 atom stereocenters. The van der Waals surface area contributed by atoms with E-state index in [4.69, 9.17) is 20.1 Å². The monoisotopic (exact) mass is 192 g/mol. The second-order valence-corrected chi connectivity index (χ2v) is 2.38. The molecular weight excluding hydrogens is 184 g/mol. The molecule has 0 saturated carbocycles. The molecule has 0 fully saturated rings. The Morgan fingerprint density at radius 2 is 1.08 bits per heavy atom. The maximum Gasteiger partial charge on any atom is 0.328 e. The fraction of sp³-hybridized carbons (Fsp3) is 0. The van der Waals surface area contributed by atoms with Crippen LogP contribution in [0.2, 0.25) is 0 Å². The Balaban J connectivity index is 0. The Hall–Kier alpha value is -1.63. The summed E-state index contributed by atoms with van der Waals surface area (Å²) in [7, 11) is 0.265. The highest BCUT2D eigenvalue weighted by Crippen LogP contribution is 1.70. The Kier molecular flexibility index (Phi) is 8.09. The van der Waals surface area contributed by atoms with E-state index in [0.29, 0.717) is 12.2 Å². The van der Waals surface area contributed by atoms with Crippen molar-refractivity contribution >= 4 is 27.8 Å². The lowest BCUT2D eigenvalue weighted by molar-refractivity contribution is -0.134. The second-order valence-electron chi connectivity index (χ2n) is 1.53. The molecule has 0 radical (unpaired) electrons. The largest absolute Gasteiger partial charge is 0.486 e. The average Bonchev–Trinajstić information content (AvgIpc) is 1.82. The van der Waals surface area contributed by atoms with Crippen molar-refractivity contribution in [3.63, 3.8) is 0 Å². The number of rotatable bonds is 2. The van der Waals surface area contributed by atoms with Crippen LogP contribution in [0.25, 0.3) is 0 Å². The fourth-order valence-electron chi connectivity index (χ4n) is 0.143. The van der Waals surface area contributed by atoms with Gasteiger partial charge in [0.1, 0.15) is 10.2 Å². The van der Waals surface area contributed by atoms with Crippen molar-refractivity contribution in [2.24, 2.45) is 0 Å². The summed E-state index contributed by atoms with van der Waals surface area (Å²) in [6.07, 6.45) is 1.12. The minimum Gasteiger partial charge on any atom is -0.486 e. The van der Waals surface area contributed by atoms with Crippen LogP contribution in [0.1, 0.15) is 0 Å². The van der Waals surface area contributed by atoms with E-state index in [1.165, 1.54) is 0 Å². The van der Waals surface area contributed by atoms with E-state index in [-0.39, 0.29) is 10.2 Å². The zero-order valence-electron chi connectivity index (χ0n) is 6.22. The number of hydrogen-bond acceptors (Lipinski definition) is 3. The fourth-order valence-corrected chi connectivity index (χ4v) is 0.143. The Bertz CT molecular complexity index is 188. The van der Waals surface area contributed by atoms with Gasteiger partial charge in [0.25, 0.3) is 5.59 Å². The number of carboxylic acid groups (broad SMARTS) is 3. The topological polar surface area (TPSA) is 112 Å². The summed E-state index contributed by atoms with van der Waals surface area (Å²) in [5, 5.41) is 23.1. The van der Waals surface area contributed by atoms with E-state index in [9.17, 15) is 9.59 Å². The molecule has 0 saturated heterocycles. The molecule has 68 valence electrons. The summed E-state index contributed by atoms with van der Waals surface area (Å²) < 4.78 is 0. The van der Waals surface area contributed by atoms with Gasteiger partial charge in [-0.25, -0.2) is 9.59 Å². The number of aliphatic carboxylic acids is 2. The molecule has 0 aromatic heterocycles. The van der Waals surface area contributed by atoms with Crippen molar-refractivity contribution in [3.8, 4) is 0 Å². The van der Waals surface area contributed by atoms with Crippen molar-refractivity contribution in [3.05, 3.63) is 12.2 Å². The van der Waals surface area contributed by atoms with E-state index < -0.39 is 17.5 Å². The molecular formula is C5H8O6Si. The molecule has 0 bridgehead atoms. The van der Waals surface area contributed by atoms with E-state index in [0.717, 1.165) is 0 Å². The van der Waals surface area contributed by atoms with Gasteiger partial charge in [-0.3, -0.25) is 4.79 Å². The van der Waals surface area contributed by atoms with Crippen LogP contribution in [0.3, 0.4) is 0 Å². The van der Waals surface area contributed by atoms with Gasteiger partial charge in [0.15, 0.2) is 0 Å². The lowest BCUT2D eigenvalue weighted by Gasteiger charge is -1.74. The zero-order valence-corrected chi connectivity index (χ0v) is 8.22. The highest BCUT2D eigenvalue weighted by atomic mass is 28.1. The van der Waals surface area contributed by atoms with Gasteiger partial charge < -0.3 is 15.3 Å². The van der Waals surface area contributed by atoms with Gasteiger partial charge in [-0.2, -0.15) is 0 Å². The predicted octanol–water partition coefficient (Wildman–Crippen LogP) is -1.26. The third kappa shape index (κ3) is 40.1. The van der Waals surface area contributed by atoms with Crippen LogP contribution < -0.4 is 0 Å². The van der Waals surface area contributed by atoms with Crippen LogP contribution in [0, 0.1) is 0 Å². The van der Waals surface area contributed by atoms with Crippen LogP contribution >= 0.6 is 0 Å². The number of carbonyl (C=O) groups is 3. The molecule has 3 N–H and O–H groups in total. The van der Waals surface area contributed by atoms with Crippen molar-refractivity contribution in [2.45, 2.75) is 0 Å². The Morgan fingerprint density at radius 1 is 0.917 bits per heavy atom. The van der Waals surface area contributed by atoms with Crippen molar-refractivity contribution in [2.75, 3.05) is 0 Å². The number of hydrogen-bond donors (Lipinski definition) is 3. The molecule has 0 amide bonds. The zero-order chi connectivity index (χ0) is 10.1. The number of carboxylic acids is 2. The van der Waals surface area contributed by atoms with E-state index >= 15 is 0 Å². The van der Waals surface area contributed by atoms with E-state index in [1.807, 2.05) is 0 Å². The van der Waals surface area contributed by atoms with Crippen LogP contribution in [0.5, 0.6) is 0 Å². The molecule has 0 aliphatic heterocycles. The van der Waals surface area contributed by atoms with Gasteiger partial charge >= 0.3 is 11.9 Å². The highest BCUT2D eigenvalue weighted by Gasteiger charge is 1.88. The Labute approximate surface area is 70.6 Å². The summed E-state index contributed by atoms with van der Waals surface area (Å²) >= 11 is 0. The van der Waals surface area contributed by atoms with Gasteiger partial charge in [0.2, 0.25) is 0 Å². The van der Waals surface area contributed by atoms with Crippen LogP contribution in [0.4, 0.5) is 4.79 Å². The first-order valence-corrected chi connectivity index (χ1v) is 3.69. The molecule has 0 aliphatic carbocycles. The molecule has 6 nitrogen and oxygen atoms in total. The first-order chi connectivity index (χ1) is 5.36. The summed E-state index contributed by atoms with van der Waals surface area (Å²) in [6, 6.07) is 0. The molecule has 7 heteroatoms. The molecule has 0 aromatic carbocycles. The lowest BCUT2D eigenvalue weighted by Crippen LogP contribution is -1.91. The normalized spacial score (nSPS) is 8.67. The first-order valence-electron chi connectivity index (χ1n) is 2.69. The molecule has 0 aliphatic rings. The van der Waals surface area contributed by atoms with Gasteiger partial charge in [-0.05, 0) is 0 Å². The molecule has 0 spiro atoms. The van der Waals surface area contributed by atoms with E-state index in [2.05, 4.69) is 0 Å². The molecule has 0 aromatic rings. The summed E-state index contributed by atoms with van der Waals surface area (Å²) in [4.78, 5) is 28.2. The van der Waals surface area contributed by atoms with Crippen LogP contribution in [-0.4, -0.2) is 43.1 Å². The summed E-state index contributed by atoms with van der Waals surface area (Å²) in [6.45, 7) is 0. The smallest absolute Gasteiger partial charge is 0.328 e. The van der Waals surface area contributed by atoms with Crippen molar-refractivity contribution in [1.82, 2.24) is 0 Å². The average molecular weight is 192 g/mol. The third-order valence-electron chi connectivity index (χ3n) is 0.368. The summed E-state index contributed by atoms with van der Waals surface area (Å²) in [5.41, 5.74) is -0.694. The molecule has 0 rings (SSSR count). The van der Waals surface area contributed by atoms with Gasteiger partial charge in [0, 0.05) is 12.2 Å². The quantitative estimate of drug-likeness (QED) is 0.372. The molecule has 12 heavy (non-hydrogen) atoms. The van der Waals surface area contributed by atoms with E-state index in [1.54, 1.807) is 0 Å². The Morgan fingerprint density at radius 3 is 1.17 bits per heavy atom. The second kappa shape index (κ2) is 7.47. The lowest BCUT2D eigenvalue weighted by atomic mass is 10.5. The highest BCUT2D eigenvalue weighted by molar-refractivity contribution is 6.54. The minimum absolute atomic E-state index is 0.265. The predicted molar refractivity (Wildman–Crippen MR) is 42.4 cm³/mol. The van der Waals surface area contributed by atoms with Crippen molar-refractivity contribution < 1.29 is 29.7 Å². The van der Waals surface area contributed by atoms with Crippen LogP contribution in [-0.2, 0) is 9.59 Å². The maximum absolute atomic E-state index is 9.55. The molecule has 0 unspecified atom stereocenters. The summed E-state index contributed by atoms with van der Waals surface area (Å²) in [5.74, 6) is -2.51. The minimum atomic E-state index is -1.26. The molecule has 0 heterocycles. The van der Waals surface area contributed by atoms with Gasteiger partial charge in [-0.1, -0.05) is 0 Å².